The maximum absolute atomic E-state index is 5.98. The van der Waals surface area contributed by atoms with Gasteiger partial charge in [-0.2, -0.15) is 0 Å². The van der Waals surface area contributed by atoms with Gasteiger partial charge in [-0.05, 0) is 48.7 Å². The van der Waals surface area contributed by atoms with Crippen molar-refractivity contribution in [3.05, 3.63) is 10.3 Å². The molecule has 0 aromatic carbocycles. The topological polar surface area (TPSA) is 52.0 Å². The first kappa shape index (κ1) is 14.0. The van der Waals surface area contributed by atoms with Gasteiger partial charge >= 0.3 is 0 Å². The lowest BCUT2D eigenvalue weighted by atomic mass is 9.90. The van der Waals surface area contributed by atoms with Crippen LogP contribution in [0.2, 0.25) is 0 Å². The summed E-state index contributed by atoms with van der Waals surface area (Å²) in [5.41, 5.74) is 0.889. The highest BCUT2D eigenvalue weighted by molar-refractivity contribution is 9.10. The standard InChI is InChI=1S/C12H21BrN4O/c1-4-7-14-10(12(2)6-5-8-18-12)9-11(13)15-16-17(9)3/h10,14H,4-8H2,1-3H3. The fourth-order valence-electron chi connectivity index (χ4n) is 2.56. The SMILES string of the molecule is CCCNC(c1c(Br)nnn1C)C1(C)CCCO1. The summed E-state index contributed by atoms with van der Waals surface area (Å²) < 4.78 is 8.61. The number of hydrogen-bond acceptors (Lipinski definition) is 4. The van der Waals surface area contributed by atoms with Crippen LogP contribution in [0.5, 0.6) is 0 Å². The summed E-state index contributed by atoms with van der Waals surface area (Å²) in [4.78, 5) is 0. The molecule has 102 valence electrons. The Bertz CT molecular complexity index is 381. The number of aryl methyl sites for hydroxylation is 1. The first-order valence-corrected chi connectivity index (χ1v) is 7.30. The minimum absolute atomic E-state index is 0.120. The Kier molecular flexibility index (Phi) is 4.40. The minimum atomic E-state index is -0.173. The first-order valence-electron chi connectivity index (χ1n) is 6.51. The summed E-state index contributed by atoms with van der Waals surface area (Å²) in [7, 11) is 1.92. The van der Waals surface area contributed by atoms with Gasteiger partial charge in [-0.15, -0.1) is 5.10 Å². The van der Waals surface area contributed by atoms with Crippen molar-refractivity contribution in [2.24, 2.45) is 7.05 Å². The van der Waals surface area contributed by atoms with E-state index in [1.54, 1.807) is 0 Å². The van der Waals surface area contributed by atoms with Crippen molar-refractivity contribution in [1.29, 1.82) is 0 Å². The van der Waals surface area contributed by atoms with Crippen LogP contribution in [-0.4, -0.2) is 33.7 Å². The monoisotopic (exact) mass is 316 g/mol. The molecule has 2 rings (SSSR count). The molecule has 1 aromatic rings. The van der Waals surface area contributed by atoms with Crippen molar-refractivity contribution in [3.8, 4) is 0 Å². The lowest BCUT2D eigenvalue weighted by molar-refractivity contribution is -0.0147. The smallest absolute Gasteiger partial charge is 0.153 e. The molecule has 18 heavy (non-hydrogen) atoms. The van der Waals surface area contributed by atoms with Gasteiger partial charge < -0.3 is 10.1 Å². The van der Waals surface area contributed by atoms with E-state index < -0.39 is 0 Å². The Morgan fingerprint density at radius 1 is 1.61 bits per heavy atom. The molecule has 0 radical (unpaired) electrons. The van der Waals surface area contributed by atoms with Gasteiger partial charge in [-0.25, -0.2) is 4.68 Å². The second-order valence-electron chi connectivity index (χ2n) is 5.04. The van der Waals surface area contributed by atoms with E-state index in [9.17, 15) is 0 Å². The third-order valence-electron chi connectivity index (χ3n) is 3.56. The molecule has 0 amide bonds. The van der Waals surface area contributed by atoms with Gasteiger partial charge in [0.1, 0.15) is 0 Å². The summed E-state index contributed by atoms with van der Waals surface area (Å²) in [6, 6.07) is 0.120. The Morgan fingerprint density at radius 3 is 2.89 bits per heavy atom. The van der Waals surface area contributed by atoms with Gasteiger partial charge in [0.2, 0.25) is 0 Å². The van der Waals surface area contributed by atoms with Gasteiger partial charge in [-0.1, -0.05) is 12.1 Å². The van der Waals surface area contributed by atoms with Crippen LogP contribution in [0.25, 0.3) is 0 Å². The molecule has 1 aliphatic rings. The van der Waals surface area contributed by atoms with E-state index in [4.69, 9.17) is 4.74 Å². The van der Waals surface area contributed by atoms with E-state index >= 15 is 0 Å². The lowest BCUT2D eigenvalue weighted by Gasteiger charge is -2.34. The predicted molar refractivity (Wildman–Crippen MR) is 73.3 cm³/mol. The van der Waals surface area contributed by atoms with Gasteiger partial charge in [0.05, 0.1) is 17.3 Å². The van der Waals surface area contributed by atoms with Gasteiger partial charge in [0, 0.05) is 13.7 Å². The maximum Gasteiger partial charge on any atom is 0.153 e. The summed E-state index contributed by atoms with van der Waals surface area (Å²) in [6.45, 7) is 6.14. The van der Waals surface area contributed by atoms with Crippen molar-refractivity contribution >= 4 is 15.9 Å². The van der Waals surface area contributed by atoms with Crippen LogP contribution < -0.4 is 5.32 Å². The highest BCUT2D eigenvalue weighted by Crippen LogP contribution is 2.39. The summed E-state index contributed by atoms with van der Waals surface area (Å²) in [5, 5.41) is 11.7. The molecule has 0 spiro atoms. The van der Waals surface area contributed by atoms with Gasteiger partial charge in [-0.3, -0.25) is 0 Å². The Balaban J connectivity index is 2.30. The number of aromatic nitrogens is 3. The van der Waals surface area contributed by atoms with Crippen LogP contribution in [-0.2, 0) is 11.8 Å². The number of nitrogens with one attached hydrogen (secondary N) is 1. The van der Waals surface area contributed by atoms with Crippen molar-refractivity contribution in [3.63, 3.8) is 0 Å². The zero-order valence-electron chi connectivity index (χ0n) is 11.2. The zero-order valence-corrected chi connectivity index (χ0v) is 12.8. The fraction of sp³-hybridized carbons (Fsp3) is 0.833. The highest BCUT2D eigenvalue weighted by atomic mass is 79.9. The van der Waals surface area contributed by atoms with Gasteiger partial charge in [0.25, 0.3) is 0 Å². The van der Waals surface area contributed by atoms with E-state index in [0.29, 0.717) is 0 Å². The van der Waals surface area contributed by atoms with E-state index in [0.717, 1.165) is 42.7 Å². The maximum atomic E-state index is 5.98. The molecule has 1 aromatic heterocycles. The van der Waals surface area contributed by atoms with Crippen molar-refractivity contribution < 1.29 is 4.74 Å². The molecule has 1 N–H and O–H groups in total. The largest absolute Gasteiger partial charge is 0.373 e. The summed E-state index contributed by atoms with van der Waals surface area (Å²) >= 11 is 3.49. The van der Waals surface area contributed by atoms with Crippen LogP contribution in [0.3, 0.4) is 0 Å². The van der Waals surface area contributed by atoms with E-state index in [1.807, 2.05) is 11.7 Å². The van der Waals surface area contributed by atoms with E-state index in [2.05, 4.69) is 45.4 Å². The second-order valence-corrected chi connectivity index (χ2v) is 5.79. The Morgan fingerprint density at radius 2 is 2.39 bits per heavy atom. The summed E-state index contributed by atoms with van der Waals surface area (Å²) in [6.07, 6.45) is 3.27. The number of ether oxygens (including phenoxy) is 1. The van der Waals surface area contributed by atoms with Gasteiger partial charge in [0.15, 0.2) is 4.60 Å². The molecule has 2 unspecified atom stereocenters. The molecule has 0 saturated carbocycles. The second kappa shape index (κ2) is 5.67. The number of nitrogens with zero attached hydrogens (tertiary/aromatic N) is 3. The van der Waals surface area contributed by atoms with Crippen LogP contribution in [0.15, 0.2) is 4.60 Å². The Hall–Kier alpha value is -0.460. The number of halogens is 1. The third-order valence-corrected chi connectivity index (χ3v) is 4.12. The van der Waals surface area contributed by atoms with E-state index in [-0.39, 0.29) is 11.6 Å². The molecule has 1 aliphatic heterocycles. The number of rotatable bonds is 5. The van der Waals surface area contributed by atoms with Crippen LogP contribution in [0.4, 0.5) is 0 Å². The third kappa shape index (κ3) is 2.60. The average Bonchev–Trinajstić information content (AvgIpc) is 2.90. The first-order chi connectivity index (χ1) is 8.58. The molecule has 1 saturated heterocycles. The van der Waals surface area contributed by atoms with Crippen LogP contribution >= 0.6 is 15.9 Å². The molecule has 5 nitrogen and oxygen atoms in total. The number of hydrogen-bond donors (Lipinski definition) is 1. The molecule has 2 heterocycles. The summed E-state index contributed by atoms with van der Waals surface area (Å²) in [5.74, 6) is 0. The van der Waals surface area contributed by atoms with Crippen LogP contribution in [0, 0.1) is 0 Å². The molecule has 2 atom stereocenters. The molecular formula is C12H21BrN4O. The molecule has 6 heteroatoms. The molecule has 0 bridgehead atoms. The van der Waals surface area contributed by atoms with Crippen molar-refractivity contribution in [1.82, 2.24) is 20.3 Å². The van der Waals surface area contributed by atoms with Crippen molar-refractivity contribution in [2.75, 3.05) is 13.2 Å². The lowest BCUT2D eigenvalue weighted by Crippen LogP contribution is -2.42. The van der Waals surface area contributed by atoms with E-state index in [1.165, 1.54) is 0 Å². The van der Waals surface area contributed by atoms with Crippen molar-refractivity contribution in [2.45, 2.75) is 44.8 Å². The predicted octanol–water partition coefficient (Wildman–Crippen LogP) is 2.19. The Labute approximate surface area is 116 Å². The zero-order chi connectivity index (χ0) is 13.2. The minimum Gasteiger partial charge on any atom is -0.373 e. The molecular weight excluding hydrogens is 296 g/mol. The quantitative estimate of drug-likeness (QED) is 0.904. The molecule has 0 aliphatic carbocycles. The normalized spacial score (nSPS) is 25.6. The molecule has 1 fully saturated rings. The fourth-order valence-corrected chi connectivity index (χ4v) is 3.12. The van der Waals surface area contributed by atoms with Crippen LogP contribution in [0.1, 0.15) is 44.8 Å². The highest BCUT2D eigenvalue weighted by Gasteiger charge is 2.41. The average molecular weight is 317 g/mol.